The van der Waals surface area contributed by atoms with E-state index in [1.54, 1.807) is 0 Å². The number of aromatic amines is 1. The first-order valence-electron chi connectivity index (χ1n) is 5.13. The van der Waals surface area contributed by atoms with Gasteiger partial charge in [-0.25, -0.2) is 0 Å². The SMILES string of the molecule is CCNC(=S)Nc1n[nH]c2c1CNCC2. The van der Waals surface area contributed by atoms with Gasteiger partial charge in [-0.1, -0.05) is 0 Å². The van der Waals surface area contributed by atoms with Crippen LogP contribution in [-0.2, 0) is 13.0 Å². The zero-order valence-corrected chi connectivity index (χ0v) is 9.50. The molecule has 1 aliphatic rings. The second kappa shape index (κ2) is 4.59. The summed E-state index contributed by atoms with van der Waals surface area (Å²) in [4.78, 5) is 0. The van der Waals surface area contributed by atoms with Crippen molar-refractivity contribution in [3.63, 3.8) is 0 Å². The smallest absolute Gasteiger partial charge is 0.171 e. The Bertz CT molecular complexity index is 359. The second-order valence-electron chi connectivity index (χ2n) is 3.44. The Morgan fingerprint density at radius 2 is 2.47 bits per heavy atom. The Hall–Kier alpha value is -1.14. The van der Waals surface area contributed by atoms with Gasteiger partial charge in [0.1, 0.15) is 0 Å². The number of nitrogens with zero attached hydrogens (tertiary/aromatic N) is 1. The van der Waals surface area contributed by atoms with Gasteiger partial charge < -0.3 is 16.0 Å². The van der Waals surface area contributed by atoms with E-state index in [0.29, 0.717) is 5.11 Å². The molecule has 1 aromatic heterocycles. The molecule has 0 radical (unpaired) electrons. The fraction of sp³-hybridized carbons (Fsp3) is 0.556. The molecule has 0 saturated heterocycles. The summed E-state index contributed by atoms with van der Waals surface area (Å²) in [6.45, 7) is 4.68. The molecule has 0 aliphatic carbocycles. The average Bonchev–Trinajstić information content (AvgIpc) is 2.62. The summed E-state index contributed by atoms with van der Waals surface area (Å²) in [7, 11) is 0. The standard InChI is InChI=1S/C9H15N5S/c1-2-11-9(15)12-8-6-5-10-4-3-7(6)13-14-8/h10H,2-5H2,1H3,(H3,11,12,13,14,15). The number of anilines is 1. The number of H-pyrrole nitrogens is 1. The summed E-state index contributed by atoms with van der Waals surface area (Å²) >= 11 is 5.11. The maximum Gasteiger partial charge on any atom is 0.171 e. The molecule has 15 heavy (non-hydrogen) atoms. The molecule has 0 fully saturated rings. The fourth-order valence-corrected chi connectivity index (χ4v) is 1.88. The molecule has 4 N–H and O–H groups in total. The van der Waals surface area contributed by atoms with Gasteiger partial charge in [-0.15, -0.1) is 0 Å². The summed E-state index contributed by atoms with van der Waals surface area (Å²) in [6, 6.07) is 0. The van der Waals surface area contributed by atoms with Gasteiger partial charge >= 0.3 is 0 Å². The number of aromatic nitrogens is 2. The Kier molecular flexibility index (Phi) is 3.17. The van der Waals surface area contributed by atoms with E-state index >= 15 is 0 Å². The van der Waals surface area contributed by atoms with E-state index in [1.807, 2.05) is 6.92 Å². The van der Waals surface area contributed by atoms with Gasteiger partial charge in [0.15, 0.2) is 10.9 Å². The van der Waals surface area contributed by atoms with Crippen LogP contribution in [0.2, 0.25) is 0 Å². The van der Waals surface area contributed by atoms with Crippen molar-refractivity contribution >= 4 is 23.1 Å². The molecule has 0 bridgehead atoms. The Morgan fingerprint density at radius 3 is 3.27 bits per heavy atom. The molecule has 0 spiro atoms. The second-order valence-corrected chi connectivity index (χ2v) is 3.85. The molecule has 0 unspecified atom stereocenters. The van der Waals surface area contributed by atoms with Crippen molar-refractivity contribution in [1.29, 1.82) is 0 Å². The minimum Gasteiger partial charge on any atom is -0.363 e. The van der Waals surface area contributed by atoms with Crippen LogP contribution in [0.15, 0.2) is 0 Å². The number of rotatable bonds is 2. The van der Waals surface area contributed by atoms with Crippen LogP contribution in [0.25, 0.3) is 0 Å². The molecule has 0 amide bonds. The maximum absolute atomic E-state index is 5.11. The zero-order chi connectivity index (χ0) is 10.7. The number of hydrogen-bond donors (Lipinski definition) is 4. The number of thiocarbonyl (C=S) groups is 1. The maximum atomic E-state index is 5.11. The van der Waals surface area contributed by atoms with Crippen molar-refractivity contribution in [3.05, 3.63) is 11.3 Å². The van der Waals surface area contributed by atoms with Crippen molar-refractivity contribution in [2.24, 2.45) is 0 Å². The van der Waals surface area contributed by atoms with Gasteiger partial charge in [0.05, 0.1) is 0 Å². The van der Waals surface area contributed by atoms with Gasteiger partial charge in [-0.3, -0.25) is 5.10 Å². The van der Waals surface area contributed by atoms with Crippen molar-refractivity contribution in [2.45, 2.75) is 19.9 Å². The number of hydrogen-bond acceptors (Lipinski definition) is 3. The highest BCUT2D eigenvalue weighted by Crippen LogP contribution is 2.19. The van der Waals surface area contributed by atoms with E-state index in [2.05, 4.69) is 26.1 Å². The molecular formula is C9H15N5S. The third kappa shape index (κ3) is 2.27. The van der Waals surface area contributed by atoms with Crippen LogP contribution >= 0.6 is 12.2 Å². The van der Waals surface area contributed by atoms with E-state index in [0.717, 1.165) is 31.9 Å². The first-order valence-corrected chi connectivity index (χ1v) is 5.53. The molecule has 2 heterocycles. The van der Waals surface area contributed by atoms with Crippen LogP contribution in [0, 0.1) is 0 Å². The van der Waals surface area contributed by atoms with E-state index in [-0.39, 0.29) is 0 Å². The predicted molar refractivity (Wildman–Crippen MR) is 63.9 cm³/mol. The van der Waals surface area contributed by atoms with E-state index in [4.69, 9.17) is 12.2 Å². The molecule has 0 aromatic carbocycles. The lowest BCUT2D eigenvalue weighted by Crippen LogP contribution is -2.29. The van der Waals surface area contributed by atoms with Crippen molar-refractivity contribution in [1.82, 2.24) is 20.8 Å². The highest BCUT2D eigenvalue weighted by atomic mass is 32.1. The lowest BCUT2D eigenvalue weighted by Gasteiger charge is -2.13. The summed E-state index contributed by atoms with van der Waals surface area (Å²) in [5.41, 5.74) is 2.40. The van der Waals surface area contributed by atoms with Crippen LogP contribution < -0.4 is 16.0 Å². The Labute approximate surface area is 94.0 Å². The van der Waals surface area contributed by atoms with Crippen molar-refractivity contribution < 1.29 is 0 Å². The number of fused-ring (bicyclic) bond motifs is 1. The van der Waals surface area contributed by atoms with Crippen LogP contribution in [0.3, 0.4) is 0 Å². The van der Waals surface area contributed by atoms with Crippen LogP contribution in [-0.4, -0.2) is 28.4 Å². The van der Waals surface area contributed by atoms with E-state index < -0.39 is 0 Å². The Morgan fingerprint density at radius 1 is 1.60 bits per heavy atom. The third-order valence-electron chi connectivity index (χ3n) is 2.38. The van der Waals surface area contributed by atoms with E-state index in [9.17, 15) is 0 Å². The highest BCUT2D eigenvalue weighted by Gasteiger charge is 2.16. The molecule has 6 heteroatoms. The lowest BCUT2D eigenvalue weighted by molar-refractivity contribution is 0.637. The molecule has 2 rings (SSSR count). The predicted octanol–water partition coefficient (Wildman–Crippen LogP) is 0.362. The van der Waals surface area contributed by atoms with Crippen molar-refractivity contribution in [2.75, 3.05) is 18.4 Å². The topological polar surface area (TPSA) is 64.8 Å². The first kappa shape index (κ1) is 10.4. The van der Waals surface area contributed by atoms with Gasteiger partial charge in [-0.2, -0.15) is 5.10 Å². The van der Waals surface area contributed by atoms with Gasteiger partial charge in [0, 0.05) is 37.3 Å². The van der Waals surface area contributed by atoms with Gasteiger partial charge in [0.25, 0.3) is 0 Å². The monoisotopic (exact) mass is 225 g/mol. The average molecular weight is 225 g/mol. The van der Waals surface area contributed by atoms with Gasteiger partial charge in [-0.05, 0) is 19.1 Å². The van der Waals surface area contributed by atoms with Crippen molar-refractivity contribution in [3.8, 4) is 0 Å². The molecule has 5 nitrogen and oxygen atoms in total. The zero-order valence-electron chi connectivity index (χ0n) is 8.68. The molecule has 1 aromatic rings. The molecule has 1 aliphatic heterocycles. The van der Waals surface area contributed by atoms with E-state index in [1.165, 1.54) is 11.3 Å². The van der Waals surface area contributed by atoms with Gasteiger partial charge in [0.2, 0.25) is 0 Å². The highest BCUT2D eigenvalue weighted by molar-refractivity contribution is 7.80. The fourth-order valence-electron chi connectivity index (χ4n) is 1.64. The first-order chi connectivity index (χ1) is 7.31. The summed E-state index contributed by atoms with van der Waals surface area (Å²) in [5, 5.41) is 17.3. The number of nitrogens with one attached hydrogen (secondary N) is 4. The molecule has 0 saturated carbocycles. The molecular weight excluding hydrogens is 210 g/mol. The molecule has 0 atom stereocenters. The summed E-state index contributed by atoms with van der Waals surface area (Å²) in [5.74, 6) is 0.836. The lowest BCUT2D eigenvalue weighted by atomic mass is 10.1. The minimum atomic E-state index is 0.623. The van der Waals surface area contributed by atoms with Crippen LogP contribution in [0.4, 0.5) is 5.82 Å². The summed E-state index contributed by atoms with van der Waals surface area (Å²) < 4.78 is 0. The minimum absolute atomic E-state index is 0.623. The summed E-state index contributed by atoms with van der Waals surface area (Å²) in [6.07, 6.45) is 0.998. The Balaban J connectivity index is 2.08. The van der Waals surface area contributed by atoms with Crippen LogP contribution in [0.1, 0.15) is 18.2 Å². The van der Waals surface area contributed by atoms with Crippen LogP contribution in [0.5, 0.6) is 0 Å². The normalized spacial score (nSPS) is 14.5. The third-order valence-corrected chi connectivity index (χ3v) is 2.62. The quantitative estimate of drug-likeness (QED) is 0.547. The largest absolute Gasteiger partial charge is 0.363 e. The molecule has 82 valence electrons.